The Bertz CT molecular complexity index is 883. The summed E-state index contributed by atoms with van der Waals surface area (Å²) in [6.45, 7) is 7.13. The van der Waals surface area contributed by atoms with Gasteiger partial charge in [-0.3, -0.25) is 19.7 Å². The highest BCUT2D eigenvalue weighted by Gasteiger charge is 2.29. The fourth-order valence-corrected chi connectivity index (χ4v) is 3.69. The second kappa shape index (κ2) is 12.6. The van der Waals surface area contributed by atoms with Crippen molar-refractivity contribution in [3.63, 3.8) is 0 Å². The van der Waals surface area contributed by atoms with Crippen molar-refractivity contribution >= 4 is 17.5 Å². The Morgan fingerprint density at radius 1 is 1.00 bits per heavy atom. The van der Waals surface area contributed by atoms with E-state index in [4.69, 9.17) is 5.73 Å². The van der Waals surface area contributed by atoms with Gasteiger partial charge in [0.05, 0.1) is 4.92 Å². The van der Waals surface area contributed by atoms with Crippen LogP contribution in [-0.4, -0.2) is 58.8 Å². The highest BCUT2D eigenvalue weighted by molar-refractivity contribution is 5.97. The zero-order valence-electron chi connectivity index (χ0n) is 18.8. The zero-order chi connectivity index (χ0) is 23.5. The van der Waals surface area contributed by atoms with Crippen molar-refractivity contribution in [3.05, 3.63) is 75.8 Å². The molecule has 0 aliphatic rings. The van der Waals surface area contributed by atoms with Crippen LogP contribution in [0.1, 0.15) is 42.6 Å². The van der Waals surface area contributed by atoms with Crippen LogP contribution in [0.4, 0.5) is 5.69 Å². The second-order valence-corrected chi connectivity index (χ2v) is 7.63. The van der Waals surface area contributed by atoms with E-state index in [9.17, 15) is 19.7 Å². The first-order chi connectivity index (χ1) is 15.4. The standard InChI is InChI=1S/C24H32N4O4/c1-3-26(4-2)17-8-18-27(24(30)20-12-14-21(15-13-20)28(31)32)22(23(25)29)16-11-19-9-6-5-7-10-19/h5-7,9-10,12-15,22H,3-4,8,11,16-18H2,1-2H3,(H2,25,29). The lowest BCUT2D eigenvalue weighted by molar-refractivity contribution is -0.384. The fraction of sp³-hybridized carbons (Fsp3) is 0.417. The first kappa shape index (κ1) is 25.0. The molecule has 8 heteroatoms. The van der Waals surface area contributed by atoms with Crippen LogP contribution in [0.15, 0.2) is 54.6 Å². The van der Waals surface area contributed by atoms with Crippen LogP contribution in [0.5, 0.6) is 0 Å². The van der Waals surface area contributed by atoms with Crippen molar-refractivity contribution < 1.29 is 14.5 Å². The normalized spacial score (nSPS) is 11.8. The predicted octanol–water partition coefficient (Wildman–Crippen LogP) is 3.26. The number of nitro groups is 1. The molecular weight excluding hydrogens is 408 g/mol. The number of rotatable bonds is 13. The van der Waals surface area contributed by atoms with E-state index in [0.717, 1.165) is 25.2 Å². The van der Waals surface area contributed by atoms with E-state index >= 15 is 0 Å². The Morgan fingerprint density at radius 2 is 1.62 bits per heavy atom. The molecule has 2 aromatic carbocycles. The third-order valence-corrected chi connectivity index (χ3v) is 5.61. The monoisotopic (exact) mass is 440 g/mol. The van der Waals surface area contributed by atoms with E-state index in [1.54, 1.807) is 0 Å². The van der Waals surface area contributed by atoms with Gasteiger partial charge in [-0.15, -0.1) is 0 Å². The zero-order valence-corrected chi connectivity index (χ0v) is 18.8. The molecule has 32 heavy (non-hydrogen) atoms. The van der Waals surface area contributed by atoms with Crippen LogP contribution in [0, 0.1) is 10.1 Å². The van der Waals surface area contributed by atoms with Crippen LogP contribution >= 0.6 is 0 Å². The summed E-state index contributed by atoms with van der Waals surface area (Å²) < 4.78 is 0. The number of non-ortho nitro benzene ring substituents is 1. The van der Waals surface area contributed by atoms with Crippen LogP contribution in [-0.2, 0) is 11.2 Å². The molecule has 0 spiro atoms. The topological polar surface area (TPSA) is 110 Å². The van der Waals surface area contributed by atoms with Crippen molar-refractivity contribution in [2.45, 2.75) is 39.2 Å². The number of nitrogens with two attached hydrogens (primary N) is 1. The molecule has 0 aromatic heterocycles. The van der Waals surface area contributed by atoms with Gasteiger partial charge in [-0.2, -0.15) is 0 Å². The molecule has 2 amide bonds. The Kier molecular flexibility index (Phi) is 9.81. The number of hydrogen-bond acceptors (Lipinski definition) is 5. The molecule has 0 radical (unpaired) electrons. The highest BCUT2D eigenvalue weighted by atomic mass is 16.6. The third-order valence-electron chi connectivity index (χ3n) is 5.61. The minimum absolute atomic E-state index is 0.0924. The lowest BCUT2D eigenvalue weighted by Gasteiger charge is -2.31. The van der Waals surface area contributed by atoms with E-state index in [1.807, 2.05) is 30.3 Å². The van der Waals surface area contributed by atoms with Gasteiger partial charge in [-0.1, -0.05) is 44.2 Å². The van der Waals surface area contributed by atoms with Gasteiger partial charge < -0.3 is 15.5 Å². The van der Waals surface area contributed by atoms with E-state index in [-0.39, 0.29) is 11.6 Å². The second-order valence-electron chi connectivity index (χ2n) is 7.63. The fourth-order valence-electron chi connectivity index (χ4n) is 3.69. The molecular formula is C24H32N4O4. The molecule has 1 unspecified atom stereocenters. The maximum atomic E-state index is 13.3. The summed E-state index contributed by atoms with van der Waals surface area (Å²) in [7, 11) is 0. The summed E-state index contributed by atoms with van der Waals surface area (Å²) in [5.41, 5.74) is 7.00. The molecule has 0 heterocycles. The van der Waals surface area contributed by atoms with Crippen molar-refractivity contribution in [3.8, 4) is 0 Å². The van der Waals surface area contributed by atoms with E-state index < -0.39 is 16.9 Å². The molecule has 0 fully saturated rings. The number of nitrogens with zero attached hydrogens (tertiary/aromatic N) is 3. The van der Waals surface area contributed by atoms with E-state index in [0.29, 0.717) is 31.4 Å². The molecule has 172 valence electrons. The first-order valence-electron chi connectivity index (χ1n) is 11.0. The summed E-state index contributed by atoms with van der Waals surface area (Å²) in [4.78, 5) is 39.9. The number of amides is 2. The first-order valence-corrected chi connectivity index (χ1v) is 11.0. The van der Waals surface area contributed by atoms with E-state index in [2.05, 4.69) is 18.7 Å². The number of aryl methyl sites for hydroxylation is 1. The Balaban J connectivity index is 2.23. The minimum Gasteiger partial charge on any atom is -0.368 e. The predicted molar refractivity (Wildman–Crippen MR) is 124 cm³/mol. The van der Waals surface area contributed by atoms with Gasteiger partial charge in [0.15, 0.2) is 0 Å². The smallest absolute Gasteiger partial charge is 0.269 e. The maximum absolute atomic E-state index is 13.3. The van der Waals surface area contributed by atoms with E-state index in [1.165, 1.54) is 29.2 Å². The number of benzene rings is 2. The van der Waals surface area contributed by atoms with Gasteiger partial charge in [0, 0.05) is 24.2 Å². The molecule has 1 atom stereocenters. The molecule has 0 aliphatic heterocycles. The van der Waals surface area contributed by atoms with Crippen LogP contribution < -0.4 is 5.73 Å². The average Bonchev–Trinajstić information content (AvgIpc) is 2.80. The van der Waals surface area contributed by atoms with Crippen molar-refractivity contribution in [2.24, 2.45) is 5.73 Å². The maximum Gasteiger partial charge on any atom is 0.269 e. The van der Waals surface area contributed by atoms with Crippen LogP contribution in [0.2, 0.25) is 0 Å². The summed E-state index contributed by atoms with van der Waals surface area (Å²) in [5.74, 6) is -0.907. The van der Waals surface area contributed by atoms with Gasteiger partial charge in [-0.05, 0) is 56.6 Å². The third kappa shape index (κ3) is 7.16. The van der Waals surface area contributed by atoms with Crippen molar-refractivity contribution in [1.29, 1.82) is 0 Å². The molecule has 0 saturated carbocycles. The van der Waals surface area contributed by atoms with Gasteiger partial charge in [0.25, 0.3) is 11.6 Å². The summed E-state index contributed by atoms with van der Waals surface area (Å²) in [5, 5.41) is 10.9. The molecule has 2 N–H and O–H groups in total. The molecule has 2 aromatic rings. The number of nitro benzene ring substituents is 1. The molecule has 0 aliphatic carbocycles. The molecule has 2 rings (SSSR count). The van der Waals surface area contributed by atoms with Crippen molar-refractivity contribution in [1.82, 2.24) is 9.80 Å². The van der Waals surface area contributed by atoms with Crippen molar-refractivity contribution in [2.75, 3.05) is 26.2 Å². The quantitative estimate of drug-likeness (QED) is 0.380. The van der Waals surface area contributed by atoms with Crippen LogP contribution in [0.3, 0.4) is 0 Å². The Hall–Kier alpha value is -3.26. The molecule has 8 nitrogen and oxygen atoms in total. The van der Waals surface area contributed by atoms with Gasteiger partial charge in [0.1, 0.15) is 6.04 Å². The van der Waals surface area contributed by atoms with Crippen LogP contribution in [0.25, 0.3) is 0 Å². The Morgan fingerprint density at radius 3 is 2.16 bits per heavy atom. The lowest BCUT2D eigenvalue weighted by Crippen LogP contribution is -2.49. The highest BCUT2D eigenvalue weighted by Crippen LogP contribution is 2.18. The number of carbonyl (C=O) groups excluding carboxylic acids is 2. The largest absolute Gasteiger partial charge is 0.368 e. The number of carbonyl (C=O) groups is 2. The van der Waals surface area contributed by atoms with Gasteiger partial charge in [0.2, 0.25) is 5.91 Å². The summed E-state index contributed by atoms with van der Waals surface area (Å²) in [6.07, 6.45) is 1.70. The van der Waals surface area contributed by atoms with Gasteiger partial charge >= 0.3 is 0 Å². The minimum atomic E-state index is -0.769. The average molecular weight is 441 g/mol. The SMILES string of the molecule is CCN(CC)CCCN(C(=O)c1ccc([N+](=O)[O-])cc1)C(CCc1ccccc1)C(N)=O. The Labute approximate surface area is 189 Å². The number of primary amides is 1. The molecule has 0 bridgehead atoms. The number of hydrogen-bond donors (Lipinski definition) is 1. The van der Waals surface area contributed by atoms with Gasteiger partial charge in [-0.25, -0.2) is 0 Å². The lowest BCUT2D eigenvalue weighted by atomic mass is 10.0. The summed E-state index contributed by atoms with van der Waals surface area (Å²) >= 11 is 0. The molecule has 0 saturated heterocycles. The summed E-state index contributed by atoms with van der Waals surface area (Å²) in [6, 6.07) is 14.4.